The van der Waals surface area contributed by atoms with E-state index in [0.717, 1.165) is 0 Å². The molecule has 0 aliphatic carbocycles. The molecule has 6 heteroatoms. The fraction of sp³-hybridized carbons (Fsp3) is 0.312. The molecular weight excluding hydrogens is 287 g/mol. The lowest BCUT2D eigenvalue weighted by Gasteiger charge is -2.16. The Morgan fingerprint density at radius 3 is 2.68 bits per heavy atom. The van der Waals surface area contributed by atoms with Crippen LogP contribution in [0.15, 0.2) is 47.1 Å². The number of rotatable bonds is 7. The van der Waals surface area contributed by atoms with Crippen LogP contribution >= 0.6 is 0 Å². The maximum atomic E-state index is 12.8. The molecule has 118 valence electrons. The molecule has 0 radical (unpaired) electrons. The largest absolute Gasteiger partial charge is 0.467 e. The summed E-state index contributed by atoms with van der Waals surface area (Å²) in [6, 6.07) is 8.87. The quantitative estimate of drug-likeness (QED) is 0.734. The lowest BCUT2D eigenvalue weighted by molar-refractivity contribution is -0.116. The van der Waals surface area contributed by atoms with E-state index in [1.165, 1.54) is 30.5 Å². The van der Waals surface area contributed by atoms with Gasteiger partial charge in [-0.3, -0.25) is 4.79 Å². The molecule has 0 saturated carbocycles. The maximum absolute atomic E-state index is 12.8. The van der Waals surface area contributed by atoms with Gasteiger partial charge in [0.15, 0.2) is 0 Å². The van der Waals surface area contributed by atoms with Crippen LogP contribution in [0.4, 0.5) is 10.1 Å². The van der Waals surface area contributed by atoms with Crippen molar-refractivity contribution in [1.29, 1.82) is 0 Å². The van der Waals surface area contributed by atoms with E-state index in [1.807, 2.05) is 6.92 Å². The Morgan fingerprint density at radius 1 is 1.32 bits per heavy atom. The fourth-order valence-electron chi connectivity index (χ4n) is 1.99. The summed E-state index contributed by atoms with van der Waals surface area (Å²) in [5.74, 6) is -0.0468. The predicted octanol–water partition coefficient (Wildman–Crippen LogP) is 2.46. The van der Waals surface area contributed by atoms with Crippen molar-refractivity contribution in [3.05, 3.63) is 54.2 Å². The zero-order valence-corrected chi connectivity index (χ0v) is 12.3. The molecule has 0 aliphatic heterocycles. The number of carbonyl (C=O) groups is 1. The summed E-state index contributed by atoms with van der Waals surface area (Å²) in [6.07, 6.45) is 0.984. The fourth-order valence-corrected chi connectivity index (χ4v) is 1.99. The predicted molar refractivity (Wildman–Crippen MR) is 80.8 cm³/mol. The number of benzene rings is 1. The SMILES string of the molecule is CC(CC(=O)Nc1ccc(F)cc1)NCC(O)c1ccco1. The third-order valence-corrected chi connectivity index (χ3v) is 3.15. The van der Waals surface area contributed by atoms with E-state index in [4.69, 9.17) is 4.42 Å². The van der Waals surface area contributed by atoms with Crippen molar-refractivity contribution in [2.45, 2.75) is 25.5 Å². The summed E-state index contributed by atoms with van der Waals surface area (Å²) in [5, 5.41) is 15.6. The first kappa shape index (κ1) is 16.2. The number of carbonyl (C=O) groups excluding carboxylic acids is 1. The molecule has 2 unspecified atom stereocenters. The molecule has 0 bridgehead atoms. The van der Waals surface area contributed by atoms with Crippen molar-refractivity contribution in [2.75, 3.05) is 11.9 Å². The normalized spacial score (nSPS) is 13.6. The number of hydrogen-bond donors (Lipinski definition) is 3. The third-order valence-electron chi connectivity index (χ3n) is 3.15. The van der Waals surface area contributed by atoms with Gasteiger partial charge in [-0.25, -0.2) is 4.39 Å². The molecule has 2 rings (SSSR count). The van der Waals surface area contributed by atoms with Crippen LogP contribution in [0.1, 0.15) is 25.2 Å². The molecule has 1 amide bonds. The van der Waals surface area contributed by atoms with E-state index < -0.39 is 6.10 Å². The van der Waals surface area contributed by atoms with Crippen LogP contribution in [-0.2, 0) is 4.79 Å². The van der Waals surface area contributed by atoms with Gasteiger partial charge in [0.25, 0.3) is 0 Å². The molecule has 5 nitrogen and oxygen atoms in total. The molecule has 1 aromatic heterocycles. The van der Waals surface area contributed by atoms with Crippen LogP contribution in [0.3, 0.4) is 0 Å². The second kappa shape index (κ2) is 7.72. The topological polar surface area (TPSA) is 74.5 Å². The standard InChI is InChI=1S/C16H19FN2O3/c1-11(18-10-14(20)15-3-2-8-22-15)9-16(21)19-13-6-4-12(17)5-7-13/h2-8,11,14,18,20H,9-10H2,1H3,(H,19,21). The highest BCUT2D eigenvalue weighted by atomic mass is 19.1. The Bertz CT molecular complexity index is 584. The summed E-state index contributed by atoms with van der Waals surface area (Å²) >= 11 is 0. The monoisotopic (exact) mass is 306 g/mol. The van der Waals surface area contributed by atoms with Crippen molar-refractivity contribution in [1.82, 2.24) is 5.32 Å². The number of hydrogen-bond acceptors (Lipinski definition) is 4. The highest BCUT2D eigenvalue weighted by Crippen LogP contribution is 2.12. The van der Waals surface area contributed by atoms with Crippen LogP contribution in [0.2, 0.25) is 0 Å². The number of furan rings is 1. The summed E-state index contributed by atoms with van der Waals surface area (Å²) in [7, 11) is 0. The number of aliphatic hydroxyl groups excluding tert-OH is 1. The van der Waals surface area contributed by atoms with Crippen molar-refractivity contribution >= 4 is 11.6 Å². The molecule has 1 heterocycles. The second-order valence-electron chi connectivity index (χ2n) is 5.10. The van der Waals surface area contributed by atoms with Gasteiger partial charge in [-0.05, 0) is 43.3 Å². The van der Waals surface area contributed by atoms with Gasteiger partial charge in [-0.1, -0.05) is 0 Å². The second-order valence-corrected chi connectivity index (χ2v) is 5.10. The Balaban J connectivity index is 1.73. The average molecular weight is 306 g/mol. The van der Waals surface area contributed by atoms with Crippen LogP contribution in [0, 0.1) is 5.82 Å². The Labute approximate surface area is 128 Å². The Morgan fingerprint density at radius 2 is 2.05 bits per heavy atom. The minimum absolute atomic E-state index is 0.120. The van der Waals surface area contributed by atoms with Gasteiger partial charge in [0.1, 0.15) is 17.7 Å². The minimum atomic E-state index is -0.752. The Kier molecular flexibility index (Phi) is 5.68. The van der Waals surface area contributed by atoms with E-state index in [1.54, 1.807) is 12.1 Å². The average Bonchev–Trinajstić information content (AvgIpc) is 3.01. The molecule has 0 aliphatic rings. The van der Waals surface area contributed by atoms with Crippen LogP contribution in [0.5, 0.6) is 0 Å². The van der Waals surface area contributed by atoms with Crippen LogP contribution in [0.25, 0.3) is 0 Å². The van der Waals surface area contributed by atoms with Crippen LogP contribution < -0.4 is 10.6 Å². The van der Waals surface area contributed by atoms with Crippen LogP contribution in [-0.4, -0.2) is 23.6 Å². The molecule has 2 atom stereocenters. The third kappa shape index (κ3) is 4.98. The number of halogens is 1. The van der Waals surface area contributed by atoms with Gasteiger partial charge in [0.2, 0.25) is 5.91 Å². The van der Waals surface area contributed by atoms with Crippen molar-refractivity contribution in [2.24, 2.45) is 0 Å². The Hall–Kier alpha value is -2.18. The van der Waals surface area contributed by atoms with Gasteiger partial charge in [0, 0.05) is 24.7 Å². The van der Waals surface area contributed by atoms with Gasteiger partial charge in [0.05, 0.1) is 6.26 Å². The number of nitrogens with one attached hydrogen (secondary N) is 2. The number of aliphatic hydroxyl groups is 1. The van der Waals surface area contributed by atoms with Gasteiger partial charge >= 0.3 is 0 Å². The highest BCUT2D eigenvalue weighted by Gasteiger charge is 2.14. The smallest absolute Gasteiger partial charge is 0.225 e. The van der Waals surface area contributed by atoms with Crippen molar-refractivity contribution in [3.63, 3.8) is 0 Å². The molecular formula is C16H19FN2O3. The van der Waals surface area contributed by atoms with E-state index in [9.17, 15) is 14.3 Å². The lowest BCUT2D eigenvalue weighted by atomic mass is 10.2. The first-order valence-electron chi connectivity index (χ1n) is 7.05. The minimum Gasteiger partial charge on any atom is -0.467 e. The molecule has 0 saturated heterocycles. The summed E-state index contributed by atoms with van der Waals surface area (Å²) in [6.45, 7) is 2.14. The maximum Gasteiger partial charge on any atom is 0.225 e. The molecule has 2 aromatic rings. The van der Waals surface area contributed by atoms with Gasteiger partial charge in [-0.15, -0.1) is 0 Å². The number of anilines is 1. The zero-order chi connectivity index (χ0) is 15.9. The summed E-state index contributed by atoms with van der Waals surface area (Å²) in [4.78, 5) is 11.9. The zero-order valence-electron chi connectivity index (χ0n) is 12.3. The van der Waals surface area contributed by atoms with E-state index in [0.29, 0.717) is 18.0 Å². The lowest BCUT2D eigenvalue weighted by Crippen LogP contribution is -2.33. The van der Waals surface area contributed by atoms with E-state index >= 15 is 0 Å². The first-order chi connectivity index (χ1) is 10.5. The van der Waals surface area contributed by atoms with Crippen molar-refractivity contribution < 1.29 is 18.7 Å². The van der Waals surface area contributed by atoms with Gasteiger partial charge in [-0.2, -0.15) is 0 Å². The molecule has 0 fully saturated rings. The molecule has 1 aromatic carbocycles. The van der Waals surface area contributed by atoms with Crippen molar-refractivity contribution in [3.8, 4) is 0 Å². The van der Waals surface area contributed by atoms with E-state index in [-0.39, 0.29) is 24.2 Å². The first-order valence-corrected chi connectivity index (χ1v) is 7.05. The molecule has 3 N–H and O–H groups in total. The van der Waals surface area contributed by atoms with E-state index in [2.05, 4.69) is 10.6 Å². The summed E-state index contributed by atoms with van der Waals surface area (Å²) in [5.41, 5.74) is 0.550. The molecule has 22 heavy (non-hydrogen) atoms. The van der Waals surface area contributed by atoms with Gasteiger partial charge < -0.3 is 20.2 Å². The molecule has 0 spiro atoms. The summed E-state index contributed by atoms with van der Waals surface area (Å²) < 4.78 is 17.9. The highest BCUT2D eigenvalue weighted by molar-refractivity contribution is 5.91. The number of amides is 1.